The molecule has 4 heteroatoms. The zero-order chi connectivity index (χ0) is 11.4. The van der Waals surface area contributed by atoms with Crippen LogP contribution in [-0.2, 0) is 13.1 Å². The van der Waals surface area contributed by atoms with Gasteiger partial charge in [-0.1, -0.05) is 0 Å². The maximum absolute atomic E-state index is 5.32. The number of nitrogens with zero attached hydrogens (tertiary/aromatic N) is 2. The Bertz CT molecular complexity index is 448. The first-order chi connectivity index (χ1) is 7.75. The predicted octanol–water partition coefficient (Wildman–Crippen LogP) is 1.98. The number of aromatic nitrogens is 2. The lowest BCUT2D eigenvalue weighted by molar-refractivity contribution is 0.479. The van der Waals surface area contributed by atoms with Gasteiger partial charge in [0.1, 0.15) is 5.76 Å². The summed E-state index contributed by atoms with van der Waals surface area (Å²) in [5.41, 5.74) is 3.04. The van der Waals surface area contributed by atoms with Crippen LogP contribution < -0.4 is 5.32 Å². The molecule has 0 aromatic carbocycles. The summed E-state index contributed by atoms with van der Waals surface area (Å²) in [4.78, 5) is 8.45. The van der Waals surface area contributed by atoms with E-state index in [1.807, 2.05) is 19.9 Å². The van der Waals surface area contributed by atoms with Gasteiger partial charge in [-0.3, -0.25) is 9.97 Å². The number of hydrogen-bond donors (Lipinski definition) is 1. The first-order valence-electron chi connectivity index (χ1n) is 5.27. The first kappa shape index (κ1) is 10.8. The van der Waals surface area contributed by atoms with Crippen LogP contribution in [0.3, 0.4) is 0 Å². The summed E-state index contributed by atoms with van der Waals surface area (Å²) in [5, 5.41) is 3.27. The van der Waals surface area contributed by atoms with Crippen molar-refractivity contribution in [2.24, 2.45) is 0 Å². The third kappa shape index (κ3) is 2.67. The number of aryl methyl sites for hydroxylation is 2. The van der Waals surface area contributed by atoms with E-state index in [2.05, 4.69) is 15.3 Å². The molecule has 0 aliphatic carbocycles. The maximum Gasteiger partial charge on any atom is 0.120 e. The van der Waals surface area contributed by atoms with E-state index < -0.39 is 0 Å². The average Bonchev–Trinajstić information content (AvgIpc) is 2.68. The highest BCUT2D eigenvalue weighted by Gasteiger charge is 2.01. The molecule has 0 aliphatic heterocycles. The molecule has 0 atom stereocenters. The molecule has 0 saturated carbocycles. The van der Waals surface area contributed by atoms with Crippen LogP contribution in [0.5, 0.6) is 0 Å². The minimum absolute atomic E-state index is 0.702. The normalized spacial score (nSPS) is 10.6. The summed E-state index contributed by atoms with van der Waals surface area (Å²) in [7, 11) is 0. The van der Waals surface area contributed by atoms with E-state index >= 15 is 0 Å². The van der Waals surface area contributed by atoms with Gasteiger partial charge in [0.15, 0.2) is 0 Å². The smallest absolute Gasteiger partial charge is 0.120 e. The predicted molar refractivity (Wildman–Crippen MR) is 60.8 cm³/mol. The van der Waals surface area contributed by atoms with Crippen molar-refractivity contribution in [3.63, 3.8) is 0 Å². The van der Waals surface area contributed by atoms with E-state index in [0.717, 1.165) is 17.1 Å². The van der Waals surface area contributed by atoms with E-state index in [9.17, 15) is 0 Å². The quantitative estimate of drug-likeness (QED) is 0.850. The molecular weight excluding hydrogens is 202 g/mol. The molecule has 4 nitrogen and oxygen atoms in total. The van der Waals surface area contributed by atoms with Crippen molar-refractivity contribution in [2.75, 3.05) is 0 Å². The second-order valence-electron chi connectivity index (χ2n) is 3.78. The van der Waals surface area contributed by atoms with Crippen LogP contribution in [0.2, 0.25) is 0 Å². The SMILES string of the molecule is Cc1cnc(CNCc2occc2C)cn1. The van der Waals surface area contributed by atoms with Gasteiger partial charge in [0.05, 0.1) is 24.2 Å². The standard InChI is InChI=1S/C12H15N3O/c1-9-3-4-16-12(9)8-13-6-11-7-14-10(2)5-15-11/h3-5,7,13H,6,8H2,1-2H3. The lowest BCUT2D eigenvalue weighted by Gasteiger charge is -2.03. The third-order valence-electron chi connectivity index (χ3n) is 2.39. The van der Waals surface area contributed by atoms with Gasteiger partial charge in [0.25, 0.3) is 0 Å². The highest BCUT2D eigenvalue weighted by atomic mass is 16.3. The number of rotatable bonds is 4. The fraction of sp³-hybridized carbons (Fsp3) is 0.333. The topological polar surface area (TPSA) is 51.0 Å². The van der Waals surface area contributed by atoms with Gasteiger partial charge >= 0.3 is 0 Å². The molecule has 0 amide bonds. The molecule has 84 valence electrons. The van der Waals surface area contributed by atoms with Gasteiger partial charge in [0.2, 0.25) is 0 Å². The summed E-state index contributed by atoms with van der Waals surface area (Å²) in [5.74, 6) is 0.972. The van der Waals surface area contributed by atoms with E-state index in [1.54, 1.807) is 18.7 Å². The van der Waals surface area contributed by atoms with E-state index in [1.165, 1.54) is 5.56 Å². The van der Waals surface area contributed by atoms with Gasteiger partial charge in [-0.2, -0.15) is 0 Å². The lowest BCUT2D eigenvalue weighted by Crippen LogP contribution is -2.14. The van der Waals surface area contributed by atoms with Gasteiger partial charge < -0.3 is 9.73 Å². The number of furan rings is 1. The van der Waals surface area contributed by atoms with Crippen LogP contribution in [0.1, 0.15) is 22.7 Å². The van der Waals surface area contributed by atoms with Crippen molar-refractivity contribution < 1.29 is 4.42 Å². The second kappa shape index (κ2) is 4.90. The third-order valence-corrected chi connectivity index (χ3v) is 2.39. The average molecular weight is 217 g/mol. The van der Waals surface area contributed by atoms with Crippen LogP contribution in [-0.4, -0.2) is 9.97 Å². The Balaban J connectivity index is 1.84. The molecule has 16 heavy (non-hydrogen) atoms. The molecule has 2 rings (SSSR count). The van der Waals surface area contributed by atoms with Crippen LogP contribution in [0.15, 0.2) is 29.1 Å². The number of nitrogens with one attached hydrogen (secondary N) is 1. The van der Waals surface area contributed by atoms with Crippen molar-refractivity contribution in [3.8, 4) is 0 Å². The highest BCUT2D eigenvalue weighted by molar-refractivity contribution is 5.14. The molecule has 2 heterocycles. The van der Waals surface area contributed by atoms with Crippen molar-refractivity contribution in [3.05, 3.63) is 47.4 Å². The molecule has 0 saturated heterocycles. The van der Waals surface area contributed by atoms with Gasteiger partial charge in [-0.25, -0.2) is 0 Å². The van der Waals surface area contributed by atoms with E-state index in [0.29, 0.717) is 13.1 Å². The maximum atomic E-state index is 5.32. The summed E-state index contributed by atoms with van der Waals surface area (Å²) in [6.45, 7) is 5.38. The molecule has 0 aliphatic rings. The highest BCUT2D eigenvalue weighted by Crippen LogP contribution is 2.07. The fourth-order valence-electron chi connectivity index (χ4n) is 1.40. The lowest BCUT2D eigenvalue weighted by atomic mass is 10.3. The zero-order valence-corrected chi connectivity index (χ0v) is 9.53. The van der Waals surface area contributed by atoms with Crippen LogP contribution in [0.25, 0.3) is 0 Å². The zero-order valence-electron chi connectivity index (χ0n) is 9.53. The molecule has 2 aromatic heterocycles. The molecule has 0 fully saturated rings. The summed E-state index contributed by atoms with van der Waals surface area (Å²) >= 11 is 0. The van der Waals surface area contributed by atoms with E-state index in [-0.39, 0.29) is 0 Å². The second-order valence-corrected chi connectivity index (χ2v) is 3.78. The Kier molecular flexibility index (Phi) is 3.31. The monoisotopic (exact) mass is 217 g/mol. The first-order valence-corrected chi connectivity index (χ1v) is 5.27. The summed E-state index contributed by atoms with van der Waals surface area (Å²) in [6, 6.07) is 1.96. The van der Waals surface area contributed by atoms with Crippen LogP contribution in [0.4, 0.5) is 0 Å². The molecule has 2 aromatic rings. The van der Waals surface area contributed by atoms with Crippen LogP contribution >= 0.6 is 0 Å². The molecular formula is C12H15N3O. The summed E-state index contributed by atoms with van der Waals surface area (Å²) in [6.07, 6.45) is 5.27. The van der Waals surface area contributed by atoms with Gasteiger partial charge in [0, 0.05) is 18.9 Å². The Morgan fingerprint density at radius 2 is 2.06 bits per heavy atom. The molecule has 0 bridgehead atoms. The number of hydrogen-bond acceptors (Lipinski definition) is 4. The molecule has 0 unspecified atom stereocenters. The Morgan fingerprint density at radius 1 is 1.19 bits per heavy atom. The summed E-state index contributed by atoms with van der Waals surface area (Å²) < 4.78 is 5.32. The minimum Gasteiger partial charge on any atom is -0.468 e. The van der Waals surface area contributed by atoms with Gasteiger partial charge in [-0.15, -0.1) is 0 Å². The Labute approximate surface area is 94.7 Å². The molecule has 0 spiro atoms. The van der Waals surface area contributed by atoms with E-state index in [4.69, 9.17) is 4.42 Å². The van der Waals surface area contributed by atoms with Crippen molar-refractivity contribution in [1.82, 2.24) is 15.3 Å². The largest absolute Gasteiger partial charge is 0.468 e. The fourth-order valence-corrected chi connectivity index (χ4v) is 1.40. The van der Waals surface area contributed by atoms with Crippen LogP contribution in [0, 0.1) is 13.8 Å². The van der Waals surface area contributed by atoms with Crippen molar-refractivity contribution in [1.29, 1.82) is 0 Å². The molecule has 1 N–H and O–H groups in total. The minimum atomic E-state index is 0.702. The Morgan fingerprint density at radius 3 is 2.69 bits per heavy atom. The molecule has 0 radical (unpaired) electrons. The Hall–Kier alpha value is -1.68. The van der Waals surface area contributed by atoms with Gasteiger partial charge in [-0.05, 0) is 25.5 Å². The van der Waals surface area contributed by atoms with Crippen molar-refractivity contribution >= 4 is 0 Å². The van der Waals surface area contributed by atoms with Crippen molar-refractivity contribution in [2.45, 2.75) is 26.9 Å².